The van der Waals surface area contributed by atoms with Crippen molar-refractivity contribution in [1.29, 1.82) is 0 Å². The maximum atomic E-state index is 5.95. The van der Waals surface area contributed by atoms with Gasteiger partial charge in [0.25, 0.3) is 0 Å². The summed E-state index contributed by atoms with van der Waals surface area (Å²) in [5.41, 5.74) is 9.22. The topological polar surface area (TPSA) is 60.2 Å². The van der Waals surface area contributed by atoms with E-state index in [2.05, 4.69) is 30.2 Å². The Hall–Kier alpha value is -1.81. The van der Waals surface area contributed by atoms with Crippen LogP contribution in [0.15, 0.2) is 24.4 Å². The molecule has 0 spiro atoms. The fourth-order valence-electron chi connectivity index (χ4n) is 2.75. The van der Waals surface area contributed by atoms with E-state index >= 15 is 0 Å². The second-order valence-electron chi connectivity index (χ2n) is 6.14. The molecule has 0 bridgehead atoms. The molecule has 23 heavy (non-hydrogen) atoms. The molecule has 4 heteroatoms. The van der Waals surface area contributed by atoms with Crippen LogP contribution in [0.5, 0.6) is 5.75 Å². The van der Waals surface area contributed by atoms with Crippen LogP contribution in [0.4, 0.5) is 5.69 Å². The predicted molar refractivity (Wildman–Crippen MR) is 98.3 cm³/mol. The maximum absolute atomic E-state index is 5.95. The lowest BCUT2D eigenvalue weighted by Crippen LogP contribution is -2.18. The second kappa shape index (κ2) is 8.73. The third kappa shape index (κ3) is 4.83. The number of ether oxygens (including phenoxy) is 1. The zero-order chi connectivity index (χ0) is 16.7. The minimum Gasteiger partial charge on any atom is -0.497 e. The summed E-state index contributed by atoms with van der Waals surface area (Å²) in [6, 6.07) is 6.47. The molecule has 1 aromatic carbocycles. The summed E-state index contributed by atoms with van der Waals surface area (Å²) in [7, 11) is 1.70. The van der Waals surface area contributed by atoms with Gasteiger partial charge < -0.3 is 15.8 Å². The lowest BCUT2D eigenvalue weighted by atomic mass is 10.1. The summed E-state index contributed by atoms with van der Waals surface area (Å²) in [5.74, 6) is 0.866. The highest BCUT2D eigenvalue weighted by molar-refractivity contribution is 5.93. The number of benzene rings is 1. The number of fused-ring (bicyclic) bond motifs is 1. The number of nitrogens with zero attached hydrogens (tertiary/aromatic N) is 1. The standard InChI is InChI=1S/C19H29N3O/c1-4-15(20)8-6-5-7-10-21-18-13-16(23-3)12-17-14(2)9-11-22-19(17)18/h9,11-13,15,21H,4-8,10,20H2,1-3H3. The highest BCUT2D eigenvalue weighted by Crippen LogP contribution is 2.29. The molecule has 1 atom stereocenters. The first-order valence-corrected chi connectivity index (χ1v) is 8.58. The van der Waals surface area contributed by atoms with Gasteiger partial charge in [0.2, 0.25) is 0 Å². The third-order valence-electron chi connectivity index (χ3n) is 4.36. The van der Waals surface area contributed by atoms with Crippen molar-refractivity contribution in [3.63, 3.8) is 0 Å². The number of pyridine rings is 1. The van der Waals surface area contributed by atoms with Crippen molar-refractivity contribution < 1.29 is 4.74 Å². The molecule has 2 aromatic rings. The first-order chi connectivity index (χ1) is 11.2. The van der Waals surface area contributed by atoms with E-state index in [1.54, 1.807) is 7.11 Å². The molecule has 0 saturated heterocycles. The molecule has 4 nitrogen and oxygen atoms in total. The van der Waals surface area contributed by atoms with Gasteiger partial charge in [0.1, 0.15) is 5.75 Å². The molecule has 3 N–H and O–H groups in total. The monoisotopic (exact) mass is 315 g/mol. The summed E-state index contributed by atoms with van der Waals surface area (Å²) in [4.78, 5) is 4.53. The van der Waals surface area contributed by atoms with Gasteiger partial charge in [0.15, 0.2) is 0 Å². The van der Waals surface area contributed by atoms with E-state index < -0.39 is 0 Å². The Balaban J connectivity index is 1.96. The van der Waals surface area contributed by atoms with Crippen LogP contribution < -0.4 is 15.8 Å². The molecule has 2 rings (SSSR count). The third-order valence-corrected chi connectivity index (χ3v) is 4.36. The van der Waals surface area contributed by atoms with Crippen molar-refractivity contribution in [2.75, 3.05) is 19.0 Å². The van der Waals surface area contributed by atoms with E-state index in [0.29, 0.717) is 6.04 Å². The van der Waals surface area contributed by atoms with Crippen molar-refractivity contribution >= 4 is 16.6 Å². The number of hydrogen-bond donors (Lipinski definition) is 2. The number of rotatable bonds is 9. The van der Waals surface area contributed by atoms with Crippen LogP contribution in [0.1, 0.15) is 44.6 Å². The molecule has 0 aliphatic heterocycles. The van der Waals surface area contributed by atoms with Crippen molar-refractivity contribution in [3.8, 4) is 5.75 Å². The Morgan fingerprint density at radius 3 is 2.83 bits per heavy atom. The minimum absolute atomic E-state index is 0.359. The number of nitrogens with two attached hydrogens (primary N) is 1. The smallest absolute Gasteiger partial charge is 0.121 e. The van der Waals surface area contributed by atoms with Crippen molar-refractivity contribution in [3.05, 3.63) is 30.0 Å². The van der Waals surface area contributed by atoms with Crippen LogP contribution in [0.2, 0.25) is 0 Å². The van der Waals surface area contributed by atoms with E-state index in [1.807, 2.05) is 18.3 Å². The Kier molecular flexibility index (Phi) is 6.66. The van der Waals surface area contributed by atoms with Gasteiger partial charge in [-0.3, -0.25) is 4.98 Å². The van der Waals surface area contributed by atoms with Crippen LogP contribution >= 0.6 is 0 Å². The molecule has 0 amide bonds. The average molecular weight is 315 g/mol. The zero-order valence-corrected chi connectivity index (χ0v) is 14.6. The molecular weight excluding hydrogens is 286 g/mol. The lowest BCUT2D eigenvalue weighted by molar-refractivity contribution is 0.415. The van der Waals surface area contributed by atoms with Gasteiger partial charge >= 0.3 is 0 Å². The first kappa shape index (κ1) is 17.5. The van der Waals surface area contributed by atoms with Gasteiger partial charge in [-0.15, -0.1) is 0 Å². The Morgan fingerprint density at radius 2 is 2.09 bits per heavy atom. The molecule has 126 valence electrons. The SMILES string of the molecule is CCC(N)CCCCCNc1cc(OC)cc2c(C)ccnc12. The highest BCUT2D eigenvalue weighted by Gasteiger charge is 2.07. The Morgan fingerprint density at radius 1 is 1.26 bits per heavy atom. The van der Waals surface area contributed by atoms with E-state index in [4.69, 9.17) is 10.5 Å². The Labute approximate surface area is 139 Å². The fraction of sp³-hybridized carbons (Fsp3) is 0.526. The number of nitrogens with one attached hydrogen (secondary N) is 1. The van der Waals surface area contributed by atoms with Gasteiger partial charge in [-0.05, 0) is 43.9 Å². The molecule has 0 fully saturated rings. The van der Waals surface area contributed by atoms with Crippen LogP contribution in [0, 0.1) is 6.92 Å². The molecule has 0 saturated carbocycles. The summed E-state index contributed by atoms with van der Waals surface area (Å²) in [5, 5.41) is 4.66. The van der Waals surface area contributed by atoms with Crippen LogP contribution in [-0.4, -0.2) is 24.7 Å². The first-order valence-electron chi connectivity index (χ1n) is 8.58. The van der Waals surface area contributed by atoms with Crippen molar-refractivity contribution in [2.45, 2.75) is 52.0 Å². The van der Waals surface area contributed by atoms with Gasteiger partial charge in [0, 0.05) is 30.2 Å². The number of aromatic nitrogens is 1. The zero-order valence-electron chi connectivity index (χ0n) is 14.6. The number of anilines is 1. The van der Waals surface area contributed by atoms with Crippen LogP contribution in [0.3, 0.4) is 0 Å². The predicted octanol–water partition coefficient (Wildman–Crippen LogP) is 4.26. The summed E-state index contributed by atoms with van der Waals surface area (Å²) < 4.78 is 5.42. The summed E-state index contributed by atoms with van der Waals surface area (Å²) >= 11 is 0. The highest BCUT2D eigenvalue weighted by atomic mass is 16.5. The molecular formula is C19H29N3O. The fourth-order valence-corrected chi connectivity index (χ4v) is 2.75. The van der Waals surface area contributed by atoms with Gasteiger partial charge in [0.05, 0.1) is 18.3 Å². The molecule has 0 aliphatic rings. The molecule has 1 unspecified atom stereocenters. The van der Waals surface area contributed by atoms with E-state index in [-0.39, 0.29) is 0 Å². The van der Waals surface area contributed by atoms with Crippen molar-refractivity contribution in [1.82, 2.24) is 4.98 Å². The van der Waals surface area contributed by atoms with Gasteiger partial charge in [-0.25, -0.2) is 0 Å². The summed E-state index contributed by atoms with van der Waals surface area (Å²) in [6.07, 6.45) is 7.60. The minimum atomic E-state index is 0.359. The second-order valence-corrected chi connectivity index (χ2v) is 6.14. The van der Waals surface area contributed by atoms with E-state index in [0.717, 1.165) is 48.1 Å². The van der Waals surface area contributed by atoms with Crippen LogP contribution in [0.25, 0.3) is 10.9 Å². The average Bonchev–Trinajstić information content (AvgIpc) is 2.57. The number of methoxy groups -OCH3 is 1. The molecule has 1 aromatic heterocycles. The molecule has 0 aliphatic carbocycles. The number of unbranched alkanes of at least 4 members (excludes halogenated alkanes) is 2. The number of aryl methyl sites for hydroxylation is 1. The number of hydrogen-bond acceptors (Lipinski definition) is 4. The molecule has 1 heterocycles. The van der Waals surface area contributed by atoms with Crippen molar-refractivity contribution in [2.24, 2.45) is 5.73 Å². The van der Waals surface area contributed by atoms with E-state index in [9.17, 15) is 0 Å². The normalized spacial score (nSPS) is 12.3. The quantitative estimate of drug-likeness (QED) is 0.679. The van der Waals surface area contributed by atoms with E-state index in [1.165, 1.54) is 18.4 Å². The van der Waals surface area contributed by atoms with Crippen LogP contribution in [-0.2, 0) is 0 Å². The van der Waals surface area contributed by atoms with Gasteiger partial charge in [-0.1, -0.05) is 19.8 Å². The largest absolute Gasteiger partial charge is 0.497 e. The Bertz CT molecular complexity index is 627. The maximum Gasteiger partial charge on any atom is 0.121 e. The van der Waals surface area contributed by atoms with Gasteiger partial charge in [-0.2, -0.15) is 0 Å². The molecule has 0 radical (unpaired) electrons. The lowest BCUT2D eigenvalue weighted by Gasteiger charge is -2.13. The summed E-state index contributed by atoms with van der Waals surface area (Å²) in [6.45, 7) is 5.19.